The molecule has 1 fully saturated rings. The molecule has 1 saturated heterocycles. The summed E-state index contributed by atoms with van der Waals surface area (Å²) in [6, 6.07) is 0.209. The van der Waals surface area contributed by atoms with Crippen LogP contribution in [0.25, 0.3) is 0 Å². The van der Waals surface area contributed by atoms with Crippen molar-refractivity contribution in [2.45, 2.75) is 31.9 Å². The maximum Gasteiger partial charge on any atom is 0.244 e. The van der Waals surface area contributed by atoms with Gasteiger partial charge in [-0.15, -0.1) is 5.10 Å². The van der Waals surface area contributed by atoms with E-state index in [1.54, 1.807) is 6.20 Å². The summed E-state index contributed by atoms with van der Waals surface area (Å²) in [5.41, 5.74) is 0. The van der Waals surface area contributed by atoms with Crippen LogP contribution in [0.4, 0.5) is 5.82 Å². The van der Waals surface area contributed by atoms with Crippen LogP contribution in [-0.2, 0) is 4.74 Å². The number of nitrogens with zero attached hydrogens (tertiary/aromatic N) is 3. The van der Waals surface area contributed by atoms with Gasteiger partial charge in [-0.1, -0.05) is 0 Å². The number of ether oxygens (including phenoxy) is 1. The lowest BCUT2D eigenvalue weighted by atomic mass is 10.1. The number of hydrogen-bond acceptors (Lipinski definition) is 5. The van der Waals surface area contributed by atoms with Gasteiger partial charge in [0.2, 0.25) is 5.28 Å². The lowest BCUT2D eigenvalue weighted by Crippen LogP contribution is -2.30. The van der Waals surface area contributed by atoms with Crippen LogP contribution in [0.1, 0.15) is 19.8 Å². The molecule has 0 spiro atoms. The molecule has 0 bridgehead atoms. The maximum atomic E-state index is 5.63. The van der Waals surface area contributed by atoms with Gasteiger partial charge in [0.1, 0.15) is 5.82 Å². The third kappa shape index (κ3) is 2.76. The predicted octanol–water partition coefficient (Wildman–Crippen LogP) is 1.50. The third-order valence-electron chi connectivity index (χ3n) is 2.43. The Morgan fingerprint density at radius 1 is 1.67 bits per heavy atom. The van der Waals surface area contributed by atoms with Crippen LogP contribution in [0.3, 0.4) is 0 Å². The minimum atomic E-state index is 0.152. The van der Waals surface area contributed by atoms with Gasteiger partial charge in [0.15, 0.2) is 0 Å². The lowest BCUT2D eigenvalue weighted by molar-refractivity contribution is 0.0995. The van der Waals surface area contributed by atoms with Gasteiger partial charge in [-0.3, -0.25) is 0 Å². The molecule has 2 heterocycles. The average molecular weight is 229 g/mol. The van der Waals surface area contributed by atoms with Crippen LogP contribution < -0.4 is 5.32 Å². The Kier molecular flexibility index (Phi) is 3.33. The van der Waals surface area contributed by atoms with Gasteiger partial charge in [-0.25, -0.2) is 0 Å². The van der Waals surface area contributed by atoms with Gasteiger partial charge in [0, 0.05) is 6.61 Å². The van der Waals surface area contributed by atoms with Crippen LogP contribution in [0, 0.1) is 0 Å². The molecular weight excluding hydrogens is 216 g/mol. The van der Waals surface area contributed by atoms with E-state index >= 15 is 0 Å². The molecule has 5 nitrogen and oxygen atoms in total. The normalized spacial score (nSPS) is 22.7. The van der Waals surface area contributed by atoms with Gasteiger partial charge in [0.25, 0.3) is 0 Å². The fraction of sp³-hybridized carbons (Fsp3) is 0.667. The molecule has 0 saturated carbocycles. The summed E-state index contributed by atoms with van der Waals surface area (Å²) in [5.74, 6) is 0.637. The van der Waals surface area contributed by atoms with Crippen molar-refractivity contribution in [2.75, 3.05) is 11.9 Å². The molecule has 1 aliphatic rings. The highest BCUT2D eigenvalue weighted by atomic mass is 35.5. The van der Waals surface area contributed by atoms with Crippen molar-refractivity contribution >= 4 is 17.4 Å². The Balaban J connectivity index is 1.95. The Morgan fingerprint density at radius 3 is 3.20 bits per heavy atom. The van der Waals surface area contributed by atoms with E-state index in [1.807, 2.05) is 0 Å². The predicted molar refractivity (Wildman–Crippen MR) is 56.9 cm³/mol. The summed E-state index contributed by atoms with van der Waals surface area (Å²) >= 11 is 5.63. The fourth-order valence-corrected chi connectivity index (χ4v) is 1.81. The highest BCUT2D eigenvalue weighted by Gasteiger charge is 2.22. The highest BCUT2D eigenvalue weighted by molar-refractivity contribution is 6.28. The monoisotopic (exact) mass is 228 g/mol. The lowest BCUT2D eigenvalue weighted by Gasteiger charge is -2.19. The molecule has 1 aliphatic heterocycles. The molecule has 82 valence electrons. The summed E-state index contributed by atoms with van der Waals surface area (Å²) in [5, 5.41) is 10.6. The Morgan fingerprint density at radius 2 is 2.53 bits per heavy atom. The molecule has 0 aliphatic carbocycles. The smallest absolute Gasteiger partial charge is 0.244 e. The van der Waals surface area contributed by atoms with Crippen molar-refractivity contribution in [3.05, 3.63) is 11.5 Å². The summed E-state index contributed by atoms with van der Waals surface area (Å²) in [6.45, 7) is 2.91. The zero-order chi connectivity index (χ0) is 10.7. The van der Waals surface area contributed by atoms with E-state index in [2.05, 4.69) is 27.4 Å². The first-order valence-electron chi connectivity index (χ1n) is 4.99. The molecule has 15 heavy (non-hydrogen) atoms. The van der Waals surface area contributed by atoms with Gasteiger partial charge < -0.3 is 10.1 Å². The minimum Gasteiger partial charge on any atom is -0.376 e. The second-order valence-corrected chi connectivity index (χ2v) is 3.93. The molecule has 1 aromatic heterocycles. The molecule has 0 amide bonds. The molecule has 1 aromatic rings. The zero-order valence-electron chi connectivity index (χ0n) is 8.48. The van der Waals surface area contributed by atoms with E-state index in [-0.39, 0.29) is 17.4 Å². The molecule has 1 N–H and O–H groups in total. The molecule has 6 heteroatoms. The second kappa shape index (κ2) is 4.72. The van der Waals surface area contributed by atoms with E-state index in [0.29, 0.717) is 5.82 Å². The Bertz CT molecular complexity index is 330. The van der Waals surface area contributed by atoms with E-state index in [1.165, 1.54) is 0 Å². The molecule has 0 radical (unpaired) electrons. The molecule has 0 aromatic carbocycles. The van der Waals surface area contributed by atoms with Crippen LogP contribution in [0.2, 0.25) is 5.28 Å². The van der Waals surface area contributed by atoms with Gasteiger partial charge in [0.05, 0.1) is 18.3 Å². The van der Waals surface area contributed by atoms with Gasteiger partial charge in [-0.2, -0.15) is 10.1 Å². The quantitative estimate of drug-likeness (QED) is 0.850. The van der Waals surface area contributed by atoms with Crippen molar-refractivity contribution in [2.24, 2.45) is 0 Å². The van der Waals surface area contributed by atoms with Crippen LogP contribution in [-0.4, -0.2) is 33.9 Å². The van der Waals surface area contributed by atoms with Crippen molar-refractivity contribution in [3.8, 4) is 0 Å². The van der Waals surface area contributed by atoms with Gasteiger partial charge >= 0.3 is 0 Å². The van der Waals surface area contributed by atoms with Crippen molar-refractivity contribution in [3.63, 3.8) is 0 Å². The van der Waals surface area contributed by atoms with Crippen molar-refractivity contribution in [1.29, 1.82) is 0 Å². The van der Waals surface area contributed by atoms with Crippen LogP contribution in [0.5, 0.6) is 0 Å². The molecule has 2 unspecified atom stereocenters. The van der Waals surface area contributed by atoms with E-state index in [9.17, 15) is 0 Å². The SMILES string of the molecule is CC(Nc1cnnc(Cl)n1)C1CCCO1. The summed E-state index contributed by atoms with van der Waals surface area (Å²) in [4.78, 5) is 4.01. The first-order valence-corrected chi connectivity index (χ1v) is 5.37. The van der Waals surface area contributed by atoms with Gasteiger partial charge in [-0.05, 0) is 31.4 Å². The second-order valence-electron chi connectivity index (χ2n) is 3.60. The zero-order valence-corrected chi connectivity index (χ0v) is 9.24. The number of rotatable bonds is 3. The fourth-order valence-electron chi connectivity index (χ4n) is 1.67. The van der Waals surface area contributed by atoms with E-state index < -0.39 is 0 Å². The first-order chi connectivity index (χ1) is 7.25. The number of hydrogen-bond donors (Lipinski definition) is 1. The van der Waals surface area contributed by atoms with E-state index in [4.69, 9.17) is 16.3 Å². The minimum absolute atomic E-state index is 0.152. The first kappa shape index (κ1) is 10.6. The Labute approximate surface area is 93.2 Å². The standard InChI is InChI=1S/C9H13ClN4O/c1-6(7-3-2-4-15-7)12-8-5-11-14-9(10)13-8/h5-7H,2-4H2,1H3,(H,12,13,14). The number of anilines is 1. The molecular formula is C9H13ClN4O. The topological polar surface area (TPSA) is 59.9 Å². The highest BCUT2D eigenvalue weighted by Crippen LogP contribution is 2.18. The van der Waals surface area contributed by atoms with Crippen molar-refractivity contribution in [1.82, 2.24) is 15.2 Å². The van der Waals surface area contributed by atoms with Crippen LogP contribution >= 0.6 is 11.6 Å². The average Bonchev–Trinajstić information content (AvgIpc) is 2.70. The summed E-state index contributed by atoms with van der Waals surface area (Å²) in [7, 11) is 0. The summed E-state index contributed by atoms with van der Waals surface area (Å²) in [6.07, 6.45) is 4.01. The van der Waals surface area contributed by atoms with Crippen LogP contribution in [0.15, 0.2) is 6.20 Å². The molecule has 2 atom stereocenters. The summed E-state index contributed by atoms with van der Waals surface area (Å²) < 4.78 is 5.56. The maximum absolute atomic E-state index is 5.63. The molecule has 2 rings (SSSR count). The number of halogens is 1. The van der Waals surface area contributed by atoms with E-state index in [0.717, 1.165) is 19.4 Å². The largest absolute Gasteiger partial charge is 0.376 e. The number of nitrogens with one attached hydrogen (secondary N) is 1. The van der Waals surface area contributed by atoms with Crippen molar-refractivity contribution < 1.29 is 4.74 Å². The third-order valence-corrected chi connectivity index (χ3v) is 2.59. The number of aromatic nitrogens is 3. The Hall–Kier alpha value is -0.940.